The van der Waals surface area contributed by atoms with E-state index in [1.807, 2.05) is 0 Å². The third kappa shape index (κ3) is 3.60. The number of carboxylic acids is 1. The Morgan fingerprint density at radius 3 is 2.40 bits per heavy atom. The largest absolute Gasteiger partial charge is 0.480 e. The second-order valence-corrected chi connectivity index (χ2v) is 8.24. The molecule has 0 aromatic rings. The van der Waals surface area contributed by atoms with Gasteiger partial charge in [0, 0.05) is 25.8 Å². The first-order valence-electron chi connectivity index (χ1n) is 6.10. The molecule has 1 aliphatic rings. The molecule has 1 aliphatic heterocycles. The van der Waals surface area contributed by atoms with Crippen molar-refractivity contribution < 1.29 is 28.2 Å². The number of rotatable bonds is 4. The van der Waals surface area contributed by atoms with Crippen LogP contribution in [0.25, 0.3) is 0 Å². The molecule has 0 aromatic carbocycles. The normalized spacial score (nSPS) is 23.7. The van der Waals surface area contributed by atoms with E-state index < -0.39 is 38.7 Å². The Kier molecular flexibility index (Phi) is 4.65. The van der Waals surface area contributed by atoms with Gasteiger partial charge < -0.3 is 20.4 Å². The van der Waals surface area contributed by atoms with Crippen LogP contribution in [0, 0.1) is 0 Å². The number of carbonyl (C=O) groups is 2. The first-order valence-corrected chi connectivity index (χ1v) is 8.00. The van der Waals surface area contributed by atoms with E-state index in [-0.39, 0.29) is 19.5 Å². The van der Waals surface area contributed by atoms with Gasteiger partial charge in [-0.15, -0.1) is 0 Å². The Balaban J connectivity index is 2.70. The number of aliphatic carboxylic acids is 1. The summed E-state index contributed by atoms with van der Waals surface area (Å²) >= 11 is 0. The van der Waals surface area contributed by atoms with Gasteiger partial charge in [-0.1, -0.05) is 0 Å². The highest BCUT2D eigenvalue weighted by atomic mass is 32.2. The molecule has 1 heterocycles. The van der Waals surface area contributed by atoms with Crippen molar-refractivity contribution in [2.75, 3.05) is 19.3 Å². The van der Waals surface area contributed by atoms with Crippen LogP contribution >= 0.6 is 0 Å². The molecular weight excluding hydrogens is 288 g/mol. The zero-order chi connectivity index (χ0) is 15.7. The molecule has 1 fully saturated rings. The topological polar surface area (TPSA) is 124 Å². The van der Waals surface area contributed by atoms with Crippen LogP contribution in [-0.4, -0.2) is 71.8 Å². The number of hydrogen-bond donors (Lipinski definition) is 3. The number of likely N-dealkylation sites (tertiary alicyclic amines) is 1. The lowest BCUT2D eigenvalue weighted by Gasteiger charge is -2.26. The Labute approximate surface area is 117 Å². The van der Waals surface area contributed by atoms with Crippen LogP contribution < -0.4 is 5.32 Å². The molecule has 1 rings (SSSR count). The van der Waals surface area contributed by atoms with Crippen LogP contribution in [0.3, 0.4) is 0 Å². The van der Waals surface area contributed by atoms with E-state index in [1.165, 1.54) is 13.8 Å². The van der Waals surface area contributed by atoms with Crippen molar-refractivity contribution in [3.05, 3.63) is 0 Å². The lowest BCUT2D eigenvalue weighted by molar-refractivity contribution is -0.141. The molecule has 1 saturated heterocycles. The van der Waals surface area contributed by atoms with E-state index in [0.29, 0.717) is 0 Å². The number of hydrogen-bond acceptors (Lipinski definition) is 5. The Morgan fingerprint density at radius 1 is 1.40 bits per heavy atom. The van der Waals surface area contributed by atoms with Crippen molar-refractivity contribution >= 4 is 21.8 Å². The van der Waals surface area contributed by atoms with Gasteiger partial charge in [0.1, 0.15) is 6.04 Å². The van der Waals surface area contributed by atoms with Crippen LogP contribution in [0.15, 0.2) is 0 Å². The summed E-state index contributed by atoms with van der Waals surface area (Å²) in [5.74, 6) is -1.20. The van der Waals surface area contributed by atoms with E-state index in [2.05, 4.69) is 5.32 Å². The van der Waals surface area contributed by atoms with Crippen molar-refractivity contribution in [1.82, 2.24) is 10.2 Å². The molecule has 3 N–H and O–H groups in total. The number of sulfone groups is 1. The van der Waals surface area contributed by atoms with Crippen LogP contribution in [0.4, 0.5) is 4.79 Å². The van der Waals surface area contributed by atoms with E-state index in [9.17, 15) is 23.1 Å². The Hall–Kier alpha value is -1.35. The Morgan fingerprint density at radius 2 is 1.95 bits per heavy atom. The second-order valence-electron chi connectivity index (χ2n) is 5.59. The minimum Gasteiger partial charge on any atom is -0.480 e. The number of carboxylic acid groups (broad SMARTS) is 1. The number of nitrogens with one attached hydrogen (secondary N) is 1. The van der Waals surface area contributed by atoms with Gasteiger partial charge in [0.25, 0.3) is 0 Å². The van der Waals surface area contributed by atoms with Crippen molar-refractivity contribution in [3.63, 3.8) is 0 Å². The van der Waals surface area contributed by atoms with Crippen LogP contribution in [0.1, 0.15) is 20.3 Å². The minimum absolute atomic E-state index is 0.0295. The van der Waals surface area contributed by atoms with Crippen molar-refractivity contribution in [1.29, 1.82) is 0 Å². The third-order valence-corrected chi connectivity index (χ3v) is 5.65. The summed E-state index contributed by atoms with van der Waals surface area (Å²) in [5.41, 5.74) is 0. The predicted octanol–water partition coefficient (Wildman–Crippen LogP) is -0.961. The maximum absolute atomic E-state index is 11.9. The first-order chi connectivity index (χ1) is 8.95. The van der Waals surface area contributed by atoms with Crippen molar-refractivity contribution in [2.24, 2.45) is 0 Å². The van der Waals surface area contributed by atoms with Gasteiger partial charge in [-0.25, -0.2) is 18.0 Å². The number of nitrogens with zero attached hydrogens (tertiary/aromatic N) is 1. The number of β-amino-alcohol motifs (C(OH)–C–C–N with tert-alkyl or cyclic N) is 1. The highest BCUT2D eigenvalue weighted by Gasteiger charge is 2.40. The molecule has 9 heteroatoms. The minimum atomic E-state index is -3.36. The maximum Gasteiger partial charge on any atom is 0.326 e. The van der Waals surface area contributed by atoms with Crippen LogP contribution in [-0.2, 0) is 14.6 Å². The molecule has 8 nitrogen and oxygen atoms in total. The number of amides is 2. The smallest absolute Gasteiger partial charge is 0.326 e. The molecule has 0 saturated carbocycles. The average Bonchev–Trinajstić information content (AvgIpc) is 2.67. The number of carbonyl (C=O) groups excluding carboxylic acids is 1. The molecule has 2 amide bonds. The average molecular weight is 308 g/mol. The fourth-order valence-electron chi connectivity index (χ4n) is 1.79. The summed E-state index contributed by atoms with van der Waals surface area (Å²) < 4.78 is 21.9. The SMILES string of the molecule is CC(C)(CNC(=O)N1CC(O)CC1C(=O)O)S(C)(=O)=O. The van der Waals surface area contributed by atoms with E-state index >= 15 is 0 Å². The molecule has 20 heavy (non-hydrogen) atoms. The van der Waals surface area contributed by atoms with Crippen molar-refractivity contribution in [2.45, 2.75) is 37.2 Å². The third-order valence-electron chi connectivity index (χ3n) is 3.49. The number of aliphatic hydroxyl groups excluding tert-OH is 1. The second kappa shape index (κ2) is 5.57. The summed E-state index contributed by atoms with van der Waals surface area (Å²) in [6.45, 7) is 2.72. The predicted molar refractivity (Wildman–Crippen MR) is 71.1 cm³/mol. The fraction of sp³-hybridized carbons (Fsp3) is 0.818. The highest BCUT2D eigenvalue weighted by Crippen LogP contribution is 2.19. The monoisotopic (exact) mass is 308 g/mol. The van der Waals surface area contributed by atoms with Gasteiger partial charge in [-0.05, 0) is 13.8 Å². The zero-order valence-corrected chi connectivity index (χ0v) is 12.5. The lowest BCUT2D eigenvalue weighted by atomic mass is 10.2. The molecule has 0 radical (unpaired) electrons. The molecule has 2 atom stereocenters. The molecule has 116 valence electrons. The lowest BCUT2D eigenvalue weighted by Crippen LogP contribution is -2.51. The summed E-state index contributed by atoms with van der Waals surface area (Å²) in [6.07, 6.45) is 0.154. The van der Waals surface area contributed by atoms with Crippen LogP contribution in [0.5, 0.6) is 0 Å². The standard InChI is InChI=1S/C11H20N2O6S/c1-11(2,20(3,18)19)6-12-10(17)13-5-7(14)4-8(13)9(15)16/h7-8,14H,4-6H2,1-3H3,(H,12,17)(H,15,16). The molecule has 0 spiro atoms. The van der Waals surface area contributed by atoms with Crippen LogP contribution in [0.2, 0.25) is 0 Å². The van der Waals surface area contributed by atoms with Gasteiger partial charge >= 0.3 is 12.0 Å². The van der Waals surface area contributed by atoms with E-state index in [0.717, 1.165) is 11.2 Å². The summed E-state index contributed by atoms with van der Waals surface area (Å²) in [7, 11) is -3.36. The maximum atomic E-state index is 11.9. The van der Waals surface area contributed by atoms with Gasteiger partial charge in [0.2, 0.25) is 0 Å². The van der Waals surface area contributed by atoms with E-state index in [4.69, 9.17) is 5.11 Å². The molecule has 0 aliphatic carbocycles. The summed E-state index contributed by atoms with van der Waals surface area (Å²) in [4.78, 5) is 23.9. The first kappa shape index (κ1) is 16.7. The van der Waals surface area contributed by atoms with Crippen molar-refractivity contribution in [3.8, 4) is 0 Å². The van der Waals surface area contributed by atoms with E-state index in [1.54, 1.807) is 0 Å². The molecular formula is C11H20N2O6S. The van der Waals surface area contributed by atoms with Gasteiger partial charge in [-0.3, -0.25) is 0 Å². The number of aliphatic hydroxyl groups is 1. The summed E-state index contributed by atoms with van der Waals surface area (Å²) in [5, 5.41) is 20.8. The molecule has 0 aromatic heterocycles. The van der Waals surface area contributed by atoms with Gasteiger partial charge in [0.15, 0.2) is 9.84 Å². The molecule has 0 bridgehead atoms. The Bertz CT molecular complexity index is 501. The fourth-order valence-corrected chi connectivity index (χ4v) is 2.13. The summed E-state index contributed by atoms with van der Waals surface area (Å²) in [6, 6.07) is -1.78. The quantitative estimate of drug-likeness (QED) is 0.614. The van der Waals surface area contributed by atoms with Gasteiger partial charge in [-0.2, -0.15) is 0 Å². The van der Waals surface area contributed by atoms with Gasteiger partial charge in [0.05, 0.1) is 10.9 Å². The zero-order valence-electron chi connectivity index (χ0n) is 11.7. The molecule has 2 unspecified atom stereocenters. The number of urea groups is 1. The highest BCUT2D eigenvalue weighted by molar-refractivity contribution is 7.92.